The summed E-state index contributed by atoms with van der Waals surface area (Å²) in [5, 5.41) is 22.4. The molecule has 1 saturated heterocycles. The Hall–Kier alpha value is -0.900. The number of aromatic hydroxyl groups is 1. The molecule has 1 aliphatic rings. The van der Waals surface area contributed by atoms with Crippen molar-refractivity contribution in [2.75, 3.05) is 33.3 Å². The fourth-order valence-corrected chi connectivity index (χ4v) is 2.70. The van der Waals surface area contributed by atoms with Gasteiger partial charge in [0.15, 0.2) is 11.5 Å². The lowest BCUT2D eigenvalue weighted by Gasteiger charge is -2.34. The number of nitriles is 1. The lowest BCUT2D eigenvalue weighted by atomic mass is 10.0. The van der Waals surface area contributed by atoms with Gasteiger partial charge in [0.25, 0.3) is 0 Å². The molecule has 1 aromatic rings. The van der Waals surface area contributed by atoms with Gasteiger partial charge in [0.2, 0.25) is 0 Å². The van der Waals surface area contributed by atoms with Crippen LogP contribution in [-0.2, 0) is 0 Å². The number of hydrogen-bond donors (Lipinski definition) is 2. The van der Waals surface area contributed by atoms with Gasteiger partial charge in [0.05, 0.1) is 24.6 Å². The molecule has 1 fully saturated rings. The third-order valence-electron chi connectivity index (χ3n) is 3.53. The first-order valence-electron chi connectivity index (χ1n) is 6.55. The molecule has 1 atom stereocenters. The predicted octanol–water partition coefficient (Wildman–Crippen LogP) is 2.76. The van der Waals surface area contributed by atoms with Crippen molar-refractivity contribution in [1.82, 2.24) is 10.2 Å². The van der Waals surface area contributed by atoms with Crippen LogP contribution >= 0.6 is 36.4 Å². The Morgan fingerprint density at radius 2 is 2.05 bits per heavy atom. The first kappa shape index (κ1) is 21.1. The lowest BCUT2D eigenvalue weighted by molar-refractivity contribution is 0.175. The molecule has 0 amide bonds. The van der Waals surface area contributed by atoms with E-state index in [0.717, 1.165) is 31.7 Å². The molecular weight excluding hydrogens is 349 g/mol. The van der Waals surface area contributed by atoms with Gasteiger partial charge in [-0.2, -0.15) is 5.26 Å². The largest absolute Gasteiger partial charge is 0.503 e. The molecule has 1 aliphatic heterocycles. The Morgan fingerprint density at radius 3 is 2.59 bits per heavy atom. The standard InChI is InChI=1S/C14H18ClN3O2.2ClH/c1-20-13-9-10(8-11(15)14(13)19)12(2-3-16)18-6-4-17-5-7-18;;/h8-9,12,17,19H,2,4-7H2,1H3;2*1H/t12-;;/m0../s1. The van der Waals surface area contributed by atoms with Crippen LogP contribution in [0.2, 0.25) is 5.02 Å². The quantitative estimate of drug-likeness (QED) is 0.855. The van der Waals surface area contributed by atoms with Gasteiger partial charge in [-0.15, -0.1) is 24.8 Å². The first-order valence-corrected chi connectivity index (χ1v) is 6.93. The second-order valence-corrected chi connectivity index (χ2v) is 5.12. The highest BCUT2D eigenvalue weighted by molar-refractivity contribution is 6.32. The molecule has 0 radical (unpaired) electrons. The number of piperazine rings is 1. The molecule has 0 aliphatic carbocycles. The molecule has 124 valence electrons. The molecule has 5 nitrogen and oxygen atoms in total. The van der Waals surface area contributed by atoms with Crippen LogP contribution in [0, 0.1) is 11.3 Å². The second kappa shape index (κ2) is 9.98. The van der Waals surface area contributed by atoms with Crippen molar-refractivity contribution >= 4 is 36.4 Å². The molecule has 0 spiro atoms. The molecule has 1 heterocycles. The van der Waals surface area contributed by atoms with Gasteiger partial charge >= 0.3 is 0 Å². The summed E-state index contributed by atoms with van der Waals surface area (Å²) in [5.74, 6) is 0.277. The Kier molecular flexibility index (Phi) is 9.58. The van der Waals surface area contributed by atoms with Crippen LogP contribution in [0.25, 0.3) is 0 Å². The average molecular weight is 369 g/mol. The van der Waals surface area contributed by atoms with Gasteiger partial charge in [-0.1, -0.05) is 11.6 Å². The maximum atomic E-state index is 9.80. The van der Waals surface area contributed by atoms with E-state index in [1.165, 1.54) is 7.11 Å². The van der Waals surface area contributed by atoms with Crippen molar-refractivity contribution < 1.29 is 9.84 Å². The summed E-state index contributed by atoms with van der Waals surface area (Å²) in [5.41, 5.74) is 0.896. The number of nitrogens with zero attached hydrogens (tertiary/aromatic N) is 2. The molecule has 2 N–H and O–H groups in total. The molecule has 0 saturated carbocycles. The lowest BCUT2D eigenvalue weighted by Crippen LogP contribution is -2.45. The number of phenolic OH excluding ortho intramolecular Hbond substituents is 1. The Morgan fingerprint density at radius 1 is 1.41 bits per heavy atom. The summed E-state index contributed by atoms with van der Waals surface area (Å²) in [7, 11) is 1.49. The van der Waals surface area contributed by atoms with Crippen LogP contribution in [0.15, 0.2) is 12.1 Å². The smallest absolute Gasteiger partial charge is 0.176 e. The first-order chi connectivity index (χ1) is 9.67. The van der Waals surface area contributed by atoms with Gasteiger partial charge in [-0.25, -0.2) is 0 Å². The molecule has 0 bridgehead atoms. The second-order valence-electron chi connectivity index (χ2n) is 4.72. The molecule has 0 aromatic heterocycles. The molecule has 1 aromatic carbocycles. The normalized spacial score (nSPS) is 15.9. The van der Waals surface area contributed by atoms with Crippen LogP contribution in [0.4, 0.5) is 0 Å². The fraction of sp³-hybridized carbons (Fsp3) is 0.500. The van der Waals surface area contributed by atoms with Gasteiger partial charge in [-0.3, -0.25) is 4.90 Å². The highest BCUT2D eigenvalue weighted by atomic mass is 35.5. The van der Waals surface area contributed by atoms with E-state index in [2.05, 4.69) is 16.3 Å². The maximum Gasteiger partial charge on any atom is 0.176 e. The zero-order chi connectivity index (χ0) is 14.5. The number of rotatable bonds is 4. The highest BCUT2D eigenvalue weighted by Gasteiger charge is 2.24. The zero-order valence-corrected chi connectivity index (χ0v) is 14.6. The van der Waals surface area contributed by atoms with Crippen LogP contribution in [-0.4, -0.2) is 43.3 Å². The van der Waals surface area contributed by atoms with Gasteiger partial charge < -0.3 is 15.2 Å². The zero-order valence-electron chi connectivity index (χ0n) is 12.2. The average Bonchev–Trinajstić information content (AvgIpc) is 2.48. The van der Waals surface area contributed by atoms with E-state index < -0.39 is 0 Å². The Balaban J connectivity index is 0.00000220. The van der Waals surface area contributed by atoms with E-state index in [1.807, 2.05) is 0 Å². The van der Waals surface area contributed by atoms with Crippen molar-refractivity contribution in [3.8, 4) is 17.6 Å². The minimum atomic E-state index is -0.0612. The summed E-state index contributed by atoms with van der Waals surface area (Å²) in [6.07, 6.45) is 0.379. The van der Waals surface area contributed by atoms with E-state index in [1.54, 1.807) is 12.1 Å². The van der Waals surface area contributed by atoms with E-state index in [-0.39, 0.29) is 41.6 Å². The van der Waals surface area contributed by atoms with E-state index in [4.69, 9.17) is 21.6 Å². The molecule has 22 heavy (non-hydrogen) atoms. The number of hydrogen-bond acceptors (Lipinski definition) is 5. The van der Waals surface area contributed by atoms with Crippen LogP contribution < -0.4 is 10.1 Å². The molecular formula is C14H20Cl3N3O2. The van der Waals surface area contributed by atoms with Crippen LogP contribution in [0.1, 0.15) is 18.0 Å². The number of halogens is 3. The monoisotopic (exact) mass is 367 g/mol. The summed E-state index contributed by atoms with van der Waals surface area (Å²) in [4.78, 5) is 2.25. The van der Waals surface area contributed by atoms with Crippen molar-refractivity contribution in [3.63, 3.8) is 0 Å². The fourth-order valence-electron chi connectivity index (χ4n) is 2.48. The van der Waals surface area contributed by atoms with E-state index in [0.29, 0.717) is 12.2 Å². The van der Waals surface area contributed by atoms with Gasteiger partial charge in [-0.05, 0) is 17.7 Å². The summed E-state index contributed by atoms with van der Waals surface area (Å²) >= 11 is 6.04. The number of methoxy groups -OCH3 is 1. The number of benzene rings is 1. The SMILES string of the molecule is COc1cc([C@H](CC#N)N2CCNCC2)cc(Cl)c1O.Cl.Cl. The van der Waals surface area contributed by atoms with Gasteiger partial charge in [0, 0.05) is 32.2 Å². The molecule has 0 unspecified atom stereocenters. The van der Waals surface area contributed by atoms with Crippen molar-refractivity contribution in [2.24, 2.45) is 0 Å². The number of ether oxygens (including phenoxy) is 1. The summed E-state index contributed by atoms with van der Waals surface area (Å²) in [6, 6.07) is 5.66. The maximum absolute atomic E-state index is 9.80. The third-order valence-corrected chi connectivity index (χ3v) is 3.82. The predicted molar refractivity (Wildman–Crippen MR) is 91.6 cm³/mol. The molecule has 8 heteroatoms. The number of phenols is 1. The minimum absolute atomic E-state index is 0. The van der Waals surface area contributed by atoms with Crippen LogP contribution in [0.5, 0.6) is 11.5 Å². The topological polar surface area (TPSA) is 68.5 Å². The van der Waals surface area contributed by atoms with Crippen LogP contribution in [0.3, 0.4) is 0 Å². The third kappa shape index (κ3) is 4.80. The minimum Gasteiger partial charge on any atom is -0.503 e. The molecule has 2 rings (SSSR count). The van der Waals surface area contributed by atoms with Crippen molar-refractivity contribution in [3.05, 3.63) is 22.7 Å². The Labute approximate surface area is 148 Å². The van der Waals surface area contributed by atoms with Gasteiger partial charge in [0.1, 0.15) is 0 Å². The highest BCUT2D eigenvalue weighted by Crippen LogP contribution is 2.38. The van der Waals surface area contributed by atoms with Crippen molar-refractivity contribution in [1.29, 1.82) is 5.26 Å². The summed E-state index contributed by atoms with van der Waals surface area (Å²) in [6.45, 7) is 3.58. The summed E-state index contributed by atoms with van der Waals surface area (Å²) < 4.78 is 5.13. The van der Waals surface area contributed by atoms with E-state index >= 15 is 0 Å². The van der Waals surface area contributed by atoms with Crippen molar-refractivity contribution in [2.45, 2.75) is 12.5 Å². The Bertz CT molecular complexity index is 517. The number of nitrogens with one attached hydrogen (secondary N) is 1. The van der Waals surface area contributed by atoms with E-state index in [9.17, 15) is 5.11 Å².